The molecule has 0 radical (unpaired) electrons. The number of carboxylic acid groups (broad SMARTS) is 1. The Balaban J connectivity index is 1.57. The van der Waals surface area contributed by atoms with Gasteiger partial charge in [0.15, 0.2) is 0 Å². The zero-order chi connectivity index (χ0) is 21.0. The molecule has 158 valence electrons. The van der Waals surface area contributed by atoms with Crippen LogP contribution in [-0.2, 0) is 11.3 Å². The van der Waals surface area contributed by atoms with Crippen molar-refractivity contribution >= 4 is 16.7 Å². The van der Waals surface area contributed by atoms with Gasteiger partial charge >= 0.3 is 5.97 Å². The van der Waals surface area contributed by atoms with Gasteiger partial charge < -0.3 is 15.2 Å². The first-order valence-corrected chi connectivity index (χ1v) is 10.9. The van der Waals surface area contributed by atoms with Crippen molar-refractivity contribution < 1.29 is 14.6 Å². The normalized spacial score (nSPS) is 21.1. The molecule has 0 amide bonds. The Morgan fingerprint density at radius 2 is 1.76 bits per heavy atom. The van der Waals surface area contributed by atoms with E-state index in [1.165, 1.54) is 23.6 Å². The number of hydrogen-bond acceptors (Lipinski definition) is 3. The second-order valence-electron chi connectivity index (χ2n) is 9.68. The Morgan fingerprint density at radius 1 is 1.10 bits per heavy atom. The lowest BCUT2D eigenvalue weighted by atomic mass is 9.72. The van der Waals surface area contributed by atoms with Gasteiger partial charge in [-0.2, -0.15) is 0 Å². The van der Waals surface area contributed by atoms with Gasteiger partial charge in [0.05, 0.1) is 12.5 Å². The number of aliphatic carboxylic acids is 1. The van der Waals surface area contributed by atoms with E-state index in [1.807, 2.05) is 6.92 Å². The minimum absolute atomic E-state index is 0.0488. The third-order valence-electron chi connectivity index (χ3n) is 6.21. The summed E-state index contributed by atoms with van der Waals surface area (Å²) in [5.41, 5.74) is 1.55. The molecule has 0 heterocycles. The van der Waals surface area contributed by atoms with Crippen molar-refractivity contribution in [3.63, 3.8) is 0 Å². The summed E-state index contributed by atoms with van der Waals surface area (Å²) in [4.78, 5) is 10.8. The van der Waals surface area contributed by atoms with E-state index < -0.39 is 5.97 Å². The van der Waals surface area contributed by atoms with Crippen LogP contribution in [0.4, 0.5) is 0 Å². The fraction of sp³-hybridized carbons (Fsp3) is 0.560. The van der Waals surface area contributed by atoms with Gasteiger partial charge in [-0.15, -0.1) is 0 Å². The number of carboxylic acids is 1. The number of benzene rings is 2. The fourth-order valence-corrected chi connectivity index (χ4v) is 4.32. The Hall–Kier alpha value is -2.07. The van der Waals surface area contributed by atoms with E-state index in [-0.39, 0.29) is 12.5 Å². The van der Waals surface area contributed by atoms with Gasteiger partial charge in [-0.25, -0.2) is 0 Å². The first-order chi connectivity index (χ1) is 13.7. The monoisotopic (exact) mass is 397 g/mol. The highest BCUT2D eigenvalue weighted by Gasteiger charge is 2.30. The minimum Gasteiger partial charge on any atom is -0.490 e. The summed E-state index contributed by atoms with van der Waals surface area (Å²) in [6.07, 6.45) is 5.23. The molecule has 4 heteroatoms. The summed E-state index contributed by atoms with van der Waals surface area (Å²) >= 11 is 0. The summed E-state index contributed by atoms with van der Waals surface area (Å²) < 4.78 is 6.30. The van der Waals surface area contributed by atoms with E-state index in [4.69, 9.17) is 9.84 Å². The Kier molecular flexibility index (Phi) is 6.84. The molecule has 3 rings (SSSR count). The van der Waals surface area contributed by atoms with Crippen molar-refractivity contribution in [1.29, 1.82) is 0 Å². The van der Waals surface area contributed by atoms with E-state index in [0.717, 1.165) is 30.1 Å². The molecule has 0 saturated heterocycles. The highest BCUT2D eigenvalue weighted by Crippen LogP contribution is 2.39. The second-order valence-corrected chi connectivity index (χ2v) is 9.68. The number of carbonyl (C=O) groups is 1. The molecular weight excluding hydrogens is 362 g/mol. The molecule has 1 atom stereocenters. The molecule has 2 aromatic carbocycles. The van der Waals surface area contributed by atoms with Crippen LogP contribution in [0.3, 0.4) is 0 Å². The maximum atomic E-state index is 10.8. The van der Waals surface area contributed by atoms with Gasteiger partial charge in [-0.3, -0.25) is 4.79 Å². The van der Waals surface area contributed by atoms with Crippen molar-refractivity contribution in [1.82, 2.24) is 5.32 Å². The summed E-state index contributed by atoms with van der Waals surface area (Å²) in [6, 6.07) is 12.7. The fourth-order valence-electron chi connectivity index (χ4n) is 4.32. The summed E-state index contributed by atoms with van der Waals surface area (Å²) in [5.74, 6) is 0.977. The van der Waals surface area contributed by atoms with Crippen LogP contribution in [0.25, 0.3) is 10.8 Å². The van der Waals surface area contributed by atoms with Crippen molar-refractivity contribution in [3.8, 4) is 5.75 Å². The van der Waals surface area contributed by atoms with E-state index >= 15 is 0 Å². The summed E-state index contributed by atoms with van der Waals surface area (Å²) in [5, 5.41) is 14.5. The first kappa shape index (κ1) is 21.6. The van der Waals surface area contributed by atoms with Gasteiger partial charge in [-0.1, -0.05) is 39.0 Å². The predicted molar refractivity (Wildman–Crippen MR) is 118 cm³/mol. The lowest BCUT2D eigenvalue weighted by molar-refractivity contribution is -0.137. The molecule has 1 fully saturated rings. The SMILES string of the molecule is CC(CC(=O)O)NCc1ccc2cc(OC3CCC(C(C)(C)C)CC3)ccc2c1. The molecule has 0 bridgehead atoms. The summed E-state index contributed by atoms with van der Waals surface area (Å²) in [7, 11) is 0. The molecule has 0 spiro atoms. The van der Waals surface area contributed by atoms with E-state index in [0.29, 0.717) is 18.1 Å². The van der Waals surface area contributed by atoms with Crippen LogP contribution >= 0.6 is 0 Å². The molecule has 2 N–H and O–H groups in total. The highest BCUT2D eigenvalue weighted by molar-refractivity contribution is 5.84. The molecule has 2 aromatic rings. The van der Waals surface area contributed by atoms with E-state index in [9.17, 15) is 4.79 Å². The zero-order valence-electron chi connectivity index (χ0n) is 18.2. The van der Waals surface area contributed by atoms with Crippen LogP contribution < -0.4 is 10.1 Å². The predicted octanol–water partition coefficient (Wildman–Crippen LogP) is 5.78. The van der Waals surface area contributed by atoms with Crippen molar-refractivity contribution in [2.45, 2.75) is 78.5 Å². The quantitative estimate of drug-likeness (QED) is 0.622. The smallest absolute Gasteiger partial charge is 0.304 e. The Labute approximate surface area is 174 Å². The molecule has 1 aliphatic rings. The van der Waals surface area contributed by atoms with Crippen LogP contribution in [0, 0.1) is 11.3 Å². The largest absolute Gasteiger partial charge is 0.490 e. The minimum atomic E-state index is -0.775. The van der Waals surface area contributed by atoms with Gasteiger partial charge in [-0.05, 0) is 78.5 Å². The van der Waals surface area contributed by atoms with Gasteiger partial charge in [0, 0.05) is 12.6 Å². The van der Waals surface area contributed by atoms with Crippen molar-refractivity contribution in [3.05, 3.63) is 42.0 Å². The van der Waals surface area contributed by atoms with Crippen LogP contribution in [0.5, 0.6) is 5.75 Å². The Bertz CT molecular complexity index is 832. The molecule has 4 nitrogen and oxygen atoms in total. The number of fused-ring (bicyclic) bond motifs is 1. The van der Waals surface area contributed by atoms with E-state index in [1.54, 1.807) is 0 Å². The topological polar surface area (TPSA) is 58.6 Å². The zero-order valence-corrected chi connectivity index (χ0v) is 18.2. The molecule has 1 aliphatic carbocycles. The second kappa shape index (κ2) is 9.17. The van der Waals surface area contributed by atoms with Crippen LogP contribution in [-0.4, -0.2) is 23.2 Å². The maximum Gasteiger partial charge on any atom is 0.304 e. The number of nitrogens with one attached hydrogen (secondary N) is 1. The third kappa shape index (κ3) is 6.20. The maximum absolute atomic E-state index is 10.8. The molecular formula is C25H35NO3. The number of hydrogen-bond donors (Lipinski definition) is 2. The summed E-state index contributed by atoms with van der Waals surface area (Å²) in [6.45, 7) is 9.60. The first-order valence-electron chi connectivity index (χ1n) is 10.9. The van der Waals surface area contributed by atoms with Crippen LogP contribution in [0.15, 0.2) is 36.4 Å². The third-order valence-corrected chi connectivity index (χ3v) is 6.21. The average Bonchev–Trinajstić information content (AvgIpc) is 2.65. The number of rotatable bonds is 7. The van der Waals surface area contributed by atoms with Gasteiger partial charge in [0.1, 0.15) is 5.75 Å². The molecule has 29 heavy (non-hydrogen) atoms. The average molecular weight is 398 g/mol. The van der Waals surface area contributed by atoms with Crippen LogP contribution in [0.1, 0.15) is 65.4 Å². The van der Waals surface area contributed by atoms with Gasteiger partial charge in [0.25, 0.3) is 0 Å². The van der Waals surface area contributed by atoms with E-state index in [2.05, 4.69) is 62.5 Å². The molecule has 1 saturated carbocycles. The molecule has 0 aromatic heterocycles. The van der Waals surface area contributed by atoms with Crippen molar-refractivity contribution in [2.75, 3.05) is 0 Å². The van der Waals surface area contributed by atoms with Crippen molar-refractivity contribution in [2.24, 2.45) is 11.3 Å². The van der Waals surface area contributed by atoms with Gasteiger partial charge in [0.2, 0.25) is 0 Å². The highest BCUT2D eigenvalue weighted by atomic mass is 16.5. The lowest BCUT2D eigenvalue weighted by Crippen LogP contribution is -2.30. The Morgan fingerprint density at radius 3 is 2.41 bits per heavy atom. The lowest BCUT2D eigenvalue weighted by Gasteiger charge is -2.37. The molecule has 1 unspecified atom stereocenters. The standard InChI is InChI=1S/C25H35NO3/c1-17(13-24(27)28)26-16-18-5-6-20-15-23(10-7-19(20)14-18)29-22-11-8-21(9-12-22)25(2,3)4/h5-7,10,14-15,17,21-22,26H,8-9,11-13,16H2,1-4H3,(H,27,28). The number of ether oxygens (including phenoxy) is 1. The molecule has 0 aliphatic heterocycles. The van der Waals surface area contributed by atoms with Crippen LogP contribution in [0.2, 0.25) is 0 Å².